The molecule has 1 aliphatic carbocycles. The molecule has 20 heavy (non-hydrogen) atoms. The molecule has 3 rings (SSSR count). The van der Waals surface area contributed by atoms with Gasteiger partial charge < -0.3 is 15.4 Å². The van der Waals surface area contributed by atoms with E-state index in [1.54, 1.807) is 17.0 Å². The van der Waals surface area contributed by atoms with Crippen LogP contribution in [0.2, 0.25) is 0 Å². The fourth-order valence-electron chi connectivity index (χ4n) is 2.59. The standard InChI is InChI=1S/C15H19N3O2/c1-15(2)12(9-13(15)19)17-10-3-5-11(6-4-10)18-8-7-16-14(18)20/h3-8,12-13,17,19H,9H2,1-2H3,(H,16,20). The fraction of sp³-hybridized carbons (Fsp3) is 0.400. The topological polar surface area (TPSA) is 70.0 Å². The van der Waals surface area contributed by atoms with Crippen molar-refractivity contribution in [2.75, 3.05) is 5.32 Å². The Bertz CT molecular complexity index is 654. The molecule has 2 atom stereocenters. The Kier molecular flexibility index (Phi) is 2.94. The van der Waals surface area contributed by atoms with E-state index in [2.05, 4.69) is 24.1 Å². The second-order valence-electron chi connectivity index (χ2n) is 5.95. The number of aliphatic hydroxyl groups is 1. The van der Waals surface area contributed by atoms with E-state index < -0.39 is 0 Å². The highest BCUT2D eigenvalue weighted by Gasteiger charge is 2.47. The zero-order chi connectivity index (χ0) is 14.3. The summed E-state index contributed by atoms with van der Waals surface area (Å²) in [5, 5.41) is 13.2. The molecule has 5 heteroatoms. The highest BCUT2D eigenvalue weighted by Crippen LogP contribution is 2.42. The maximum atomic E-state index is 11.5. The number of rotatable bonds is 3. The predicted molar refractivity (Wildman–Crippen MR) is 78.2 cm³/mol. The SMILES string of the molecule is CC1(C)C(O)CC1Nc1ccc(-n2cc[nH]c2=O)cc1. The Morgan fingerprint density at radius 2 is 2.05 bits per heavy atom. The lowest BCUT2D eigenvalue weighted by atomic mass is 9.64. The van der Waals surface area contributed by atoms with Gasteiger partial charge in [0.1, 0.15) is 0 Å². The first-order chi connectivity index (χ1) is 9.48. The molecule has 1 heterocycles. The Morgan fingerprint density at radius 1 is 1.35 bits per heavy atom. The highest BCUT2D eigenvalue weighted by molar-refractivity contribution is 5.50. The van der Waals surface area contributed by atoms with Crippen LogP contribution in [0.5, 0.6) is 0 Å². The van der Waals surface area contributed by atoms with Gasteiger partial charge in [-0.3, -0.25) is 4.57 Å². The molecule has 0 bridgehead atoms. The molecule has 0 spiro atoms. The summed E-state index contributed by atoms with van der Waals surface area (Å²) in [7, 11) is 0. The van der Waals surface area contributed by atoms with Gasteiger partial charge in [0, 0.05) is 29.5 Å². The van der Waals surface area contributed by atoms with Crippen molar-refractivity contribution in [3.05, 3.63) is 47.1 Å². The van der Waals surface area contributed by atoms with Crippen LogP contribution in [0.1, 0.15) is 20.3 Å². The van der Waals surface area contributed by atoms with Crippen molar-refractivity contribution in [1.82, 2.24) is 9.55 Å². The van der Waals surface area contributed by atoms with Gasteiger partial charge in [-0.2, -0.15) is 0 Å². The van der Waals surface area contributed by atoms with Crippen LogP contribution in [0.25, 0.3) is 5.69 Å². The van der Waals surface area contributed by atoms with Crippen LogP contribution < -0.4 is 11.0 Å². The molecule has 1 saturated carbocycles. The summed E-state index contributed by atoms with van der Waals surface area (Å²) >= 11 is 0. The average molecular weight is 273 g/mol. The monoisotopic (exact) mass is 273 g/mol. The van der Waals surface area contributed by atoms with Gasteiger partial charge in [0.15, 0.2) is 0 Å². The molecule has 1 fully saturated rings. The van der Waals surface area contributed by atoms with Crippen LogP contribution in [0.4, 0.5) is 5.69 Å². The van der Waals surface area contributed by atoms with Gasteiger partial charge in [-0.05, 0) is 30.7 Å². The molecule has 1 aromatic heterocycles. The Balaban J connectivity index is 1.75. The predicted octanol–water partition coefficient (Wildman–Crippen LogP) is 1.74. The van der Waals surface area contributed by atoms with Gasteiger partial charge in [0.05, 0.1) is 11.8 Å². The molecule has 0 aliphatic heterocycles. The maximum Gasteiger partial charge on any atom is 0.330 e. The fourth-order valence-corrected chi connectivity index (χ4v) is 2.59. The number of hydrogen-bond donors (Lipinski definition) is 3. The number of anilines is 1. The quantitative estimate of drug-likeness (QED) is 0.797. The molecular formula is C15H19N3O2. The van der Waals surface area contributed by atoms with Crippen molar-refractivity contribution in [3.8, 4) is 5.69 Å². The first-order valence-corrected chi connectivity index (χ1v) is 6.79. The van der Waals surface area contributed by atoms with E-state index in [0.717, 1.165) is 17.8 Å². The first-order valence-electron chi connectivity index (χ1n) is 6.79. The van der Waals surface area contributed by atoms with Crippen LogP contribution in [0.15, 0.2) is 41.5 Å². The number of aliphatic hydroxyl groups excluding tert-OH is 1. The van der Waals surface area contributed by atoms with Crippen molar-refractivity contribution < 1.29 is 5.11 Å². The summed E-state index contributed by atoms with van der Waals surface area (Å²) in [5.74, 6) is 0. The van der Waals surface area contributed by atoms with E-state index >= 15 is 0 Å². The van der Waals surface area contributed by atoms with Gasteiger partial charge >= 0.3 is 5.69 Å². The minimum Gasteiger partial charge on any atom is -0.392 e. The van der Waals surface area contributed by atoms with E-state index in [9.17, 15) is 9.90 Å². The van der Waals surface area contributed by atoms with Crippen LogP contribution in [-0.2, 0) is 0 Å². The molecule has 106 valence electrons. The molecule has 0 amide bonds. The molecule has 1 aromatic carbocycles. The summed E-state index contributed by atoms with van der Waals surface area (Å²) < 4.78 is 1.56. The van der Waals surface area contributed by atoms with E-state index in [-0.39, 0.29) is 23.3 Å². The number of nitrogens with one attached hydrogen (secondary N) is 2. The van der Waals surface area contributed by atoms with Crippen LogP contribution in [-0.4, -0.2) is 26.8 Å². The van der Waals surface area contributed by atoms with Crippen molar-refractivity contribution >= 4 is 5.69 Å². The van der Waals surface area contributed by atoms with Crippen molar-refractivity contribution in [2.45, 2.75) is 32.4 Å². The van der Waals surface area contributed by atoms with E-state index in [4.69, 9.17) is 0 Å². The van der Waals surface area contributed by atoms with Gasteiger partial charge in [0.2, 0.25) is 0 Å². The Morgan fingerprint density at radius 3 is 2.55 bits per heavy atom. The number of aromatic amines is 1. The first kappa shape index (κ1) is 13.0. The average Bonchev–Trinajstić information content (AvgIpc) is 2.85. The van der Waals surface area contributed by atoms with E-state index in [1.165, 1.54) is 0 Å². The number of benzene rings is 1. The minimum atomic E-state index is -0.238. The largest absolute Gasteiger partial charge is 0.392 e. The minimum absolute atomic E-state index is 0.101. The summed E-state index contributed by atoms with van der Waals surface area (Å²) in [5.41, 5.74) is 1.59. The smallest absolute Gasteiger partial charge is 0.330 e. The Labute approximate surface area is 117 Å². The number of hydrogen-bond acceptors (Lipinski definition) is 3. The van der Waals surface area contributed by atoms with Crippen molar-refractivity contribution in [1.29, 1.82) is 0 Å². The summed E-state index contributed by atoms with van der Waals surface area (Å²) in [4.78, 5) is 14.1. The molecule has 0 radical (unpaired) electrons. The highest BCUT2D eigenvalue weighted by atomic mass is 16.3. The Hall–Kier alpha value is -2.01. The molecule has 2 unspecified atom stereocenters. The van der Waals surface area contributed by atoms with Gasteiger partial charge in [0.25, 0.3) is 0 Å². The third kappa shape index (κ3) is 2.04. The normalized spacial score (nSPS) is 24.1. The summed E-state index contributed by atoms with van der Waals surface area (Å²) in [6, 6.07) is 7.99. The van der Waals surface area contributed by atoms with E-state index in [0.29, 0.717) is 0 Å². The number of imidazole rings is 1. The third-order valence-corrected chi connectivity index (χ3v) is 4.35. The molecule has 3 N–H and O–H groups in total. The molecule has 1 aliphatic rings. The van der Waals surface area contributed by atoms with Gasteiger partial charge in [-0.1, -0.05) is 13.8 Å². The number of H-pyrrole nitrogens is 1. The third-order valence-electron chi connectivity index (χ3n) is 4.35. The zero-order valence-corrected chi connectivity index (χ0v) is 11.6. The van der Waals surface area contributed by atoms with Crippen LogP contribution >= 0.6 is 0 Å². The lowest BCUT2D eigenvalue weighted by Gasteiger charge is -2.49. The second kappa shape index (κ2) is 4.52. The zero-order valence-electron chi connectivity index (χ0n) is 11.6. The second-order valence-corrected chi connectivity index (χ2v) is 5.95. The maximum absolute atomic E-state index is 11.5. The molecule has 0 saturated heterocycles. The van der Waals surface area contributed by atoms with Gasteiger partial charge in [-0.25, -0.2) is 4.79 Å². The van der Waals surface area contributed by atoms with E-state index in [1.807, 2.05) is 24.3 Å². The molecular weight excluding hydrogens is 254 g/mol. The lowest BCUT2D eigenvalue weighted by Crippen LogP contribution is -2.56. The number of aromatic nitrogens is 2. The lowest BCUT2D eigenvalue weighted by molar-refractivity contribution is -0.0510. The van der Waals surface area contributed by atoms with Crippen LogP contribution in [0.3, 0.4) is 0 Å². The number of nitrogens with zero attached hydrogens (tertiary/aromatic N) is 1. The van der Waals surface area contributed by atoms with Gasteiger partial charge in [-0.15, -0.1) is 0 Å². The molecule has 2 aromatic rings. The molecule has 5 nitrogen and oxygen atoms in total. The van der Waals surface area contributed by atoms with Crippen molar-refractivity contribution in [3.63, 3.8) is 0 Å². The van der Waals surface area contributed by atoms with Crippen LogP contribution in [0, 0.1) is 5.41 Å². The van der Waals surface area contributed by atoms with Crippen molar-refractivity contribution in [2.24, 2.45) is 5.41 Å². The summed E-state index contributed by atoms with van der Waals surface area (Å²) in [6.45, 7) is 4.12. The summed E-state index contributed by atoms with van der Waals surface area (Å²) in [6.07, 6.45) is 3.85.